The Labute approximate surface area is 110 Å². The van der Waals surface area contributed by atoms with E-state index in [0.717, 1.165) is 12.1 Å². The molecule has 0 bridgehead atoms. The van der Waals surface area contributed by atoms with Gasteiger partial charge in [0.2, 0.25) is 10.0 Å². The minimum atomic E-state index is -3.78. The van der Waals surface area contributed by atoms with E-state index in [9.17, 15) is 12.8 Å². The molecule has 7 heteroatoms. The van der Waals surface area contributed by atoms with Crippen LogP contribution in [0.2, 0.25) is 0 Å². The van der Waals surface area contributed by atoms with Gasteiger partial charge in [-0.1, -0.05) is 0 Å². The van der Waals surface area contributed by atoms with Crippen LogP contribution in [-0.4, -0.2) is 26.2 Å². The van der Waals surface area contributed by atoms with Gasteiger partial charge in [-0.25, -0.2) is 17.5 Å². The molecule has 1 aromatic rings. The Kier molecular flexibility index (Phi) is 3.85. The first-order valence-corrected chi connectivity index (χ1v) is 7.27. The number of nitrogens with one attached hydrogen (secondary N) is 1. The lowest BCUT2D eigenvalue weighted by molar-refractivity contribution is 0.137. The SMILES string of the molecule is N#Cc1ccc(S(=O)(=O)NC2CC(CO)C2)cc1F. The fourth-order valence-corrected chi connectivity index (χ4v) is 3.30. The first-order chi connectivity index (χ1) is 8.96. The van der Waals surface area contributed by atoms with Crippen molar-refractivity contribution >= 4 is 10.0 Å². The highest BCUT2D eigenvalue weighted by Crippen LogP contribution is 2.28. The van der Waals surface area contributed by atoms with Gasteiger partial charge < -0.3 is 5.11 Å². The van der Waals surface area contributed by atoms with Crippen molar-refractivity contribution < 1.29 is 17.9 Å². The molecule has 19 heavy (non-hydrogen) atoms. The maximum absolute atomic E-state index is 13.4. The first kappa shape index (κ1) is 13.9. The maximum Gasteiger partial charge on any atom is 0.240 e. The predicted molar refractivity (Wildman–Crippen MR) is 65.0 cm³/mol. The molecule has 0 atom stereocenters. The van der Waals surface area contributed by atoms with Crippen LogP contribution in [0.4, 0.5) is 4.39 Å². The van der Waals surface area contributed by atoms with E-state index in [1.165, 1.54) is 6.07 Å². The van der Waals surface area contributed by atoms with E-state index < -0.39 is 15.8 Å². The van der Waals surface area contributed by atoms with Crippen molar-refractivity contribution in [2.75, 3.05) is 6.61 Å². The van der Waals surface area contributed by atoms with Gasteiger partial charge in [-0.05, 0) is 37.0 Å². The zero-order valence-corrected chi connectivity index (χ0v) is 10.8. The molecular weight excluding hydrogens is 271 g/mol. The summed E-state index contributed by atoms with van der Waals surface area (Å²) >= 11 is 0. The minimum absolute atomic E-state index is 0.0454. The summed E-state index contributed by atoms with van der Waals surface area (Å²) in [7, 11) is -3.78. The van der Waals surface area contributed by atoms with Crippen molar-refractivity contribution in [1.82, 2.24) is 4.72 Å². The summed E-state index contributed by atoms with van der Waals surface area (Å²) < 4.78 is 39.8. The molecule has 2 rings (SSSR count). The smallest absolute Gasteiger partial charge is 0.240 e. The summed E-state index contributed by atoms with van der Waals surface area (Å²) in [6.07, 6.45) is 1.16. The highest BCUT2D eigenvalue weighted by atomic mass is 32.2. The van der Waals surface area contributed by atoms with Crippen LogP contribution in [0.25, 0.3) is 0 Å². The van der Waals surface area contributed by atoms with Crippen LogP contribution < -0.4 is 4.72 Å². The Morgan fingerprint density at radius 3 is 2.68 bits per heavy atom. The summed E-state index contributed by atoms with van der Waals surface area (Å²) in [4.78, 5) is -0.198. The summed E-state index contributed by atoms with van der Waals surface area (Å²) in [6.45, 7) is 0.0454. The molecule has 0 heterocycles. The Balaban J connectivity index is 2.12. The number of nitrogens with zero attached hydrogens (tertiary/aromatic N) is 1. The highest BCUT2D eigenvalue weighted by molar-refractivity contribution is 7.89. The van der Waals surface area contributed by atoms with E-state index >= 15 is 0 Å². The van der Waals surface area contributed by atoms with Crippen LogP contribution in [0.15, 0.2) is 23.1 Å². The lowest BCUT2D eigenvalue weighted by Crippen LogP contribution is -2.45. The maximum atomic E-state index is 13.4. The van der Waals surface area contributed by atoms with E-state index in [1.54, 1.807) is 6.07 Å². The Hall–Kier alpha value is -1.49. The van der Waals surface area contributed by atoms with Crippen LogP contribution >= 0.6 is 0 Å². The molecular formula is C12H13FN2O3S. The average molecular weight is 284 g/mol. The molecule has 1 aromatic carbocycles. The average Bonchev–Trinajstić information content (AvgIpc) is 2.33. The topological polar surface area (TPSA) is 90.2 Å². The second-order valence-corrected chi connectivity index (χ2v) is 6.31. The zero-order valence-electron chi connectivity index (χ0n) is 10.0. The van der Waals surface area contributed by atoms with Gasteiger partial charge in [-0.3, -0.25) is 0 Å². The molecule has 0 aliphatic heterocycles. The third-order valence-corrected chi connectivity index (χ3v) is 4.71. The molecule has 102 valence electrons. The molecule has 5 nitrogen and oxygen atoms in total. The number of sulfonamides is 1. The number of halogens is 1. The summed E-state index contributed by atoms with van der Waals surface area (Å²) in [5.74, 6) is -0.724. The largest absolute Gasteiger partial charge is 0.396 e. The molecule has 1 fully saturated rings. The van der Waals surface area contributed by atoms with Gasteiger partial charge in [0.05, 0.1) is 10.5 Å². The summed E-state index contributed by atoms with van der Waals surface area (Å²) in [5, 5.41) is 17.4. The van der Waals surface area contributed by atoms with Gasteiger partial charge >= 0.3 is 0 Å². The molecule has 1 aliphatic rings. The Morgan fingerprint density at radius 2 is 2.16 bits per heavy atom. The van der Waals surface area contributed by atoms with Crippen molar-refractivity contribution in [3.05, 3.63) is 29.6 Å². The lowest BCUT2D eigenvalue weighted by Gasteiger charge is -2.34. The van der Waals surface area contributed by atoms with Crippen LogP contribution in [0, 0.1) is 23.1 Å². The lowest BCUT2D eigenvalue weighted by atomic mass is 9.82. The van der Waals surface area contributed by atoms with E-state index in [4.69, 9.17) is 10.4 Å². The van der Waals surface area contributed by atoms with Crippen LogP contribution in [-0.2, 0) is 10.0 Å². The van der Waals surface area contributed by atoms with E-state index in [2.05, 4.69) is 4.72 Å². The van der Waals surface area contributed by atoms with Gasteiger partial charge in [-0.15, -0.1) is 0 Å². The van der Waals surface area contributed by atoms with Gasteiger partial charge in [0.15, 0.2) is 0 Å². The van der Waals surface area contributed by atoms with Crippen molar-refractivity contribution in [2.24, 2.45) is 5.92 Å². The molecule has 0 spiro atoms. The van der Waals surface area contributed by atoms with Crippen LogP contribution in [0.1, 0.15) is 18.4 Å². The van der Waals surface area contributed by atoms with Crippen molar-refractivity contribution in [1.29, 1.82) is 5.26 Å². The standard InChI is InChI=1S/C12H13FN2O3S/c13-12-5-11(2-1-9(12)6-14)19(17,18)15-10-3-8(4-10)7-16/h1-2,5,8,10,15-16H,3-4,7H2. The van der Waals surface area contributed by atoms with Gasteiger partial charge in [0.25, 0.3) is 0 Å². The zero-order chi connectivity index (χ0) is 14.0. The van der Waals surface area contributed by atoms with Crippen molar-refractivity contribution in [3.63, 3.8) is 0 Å². The number of aliphatic hydroxyl groups is 1. The number of nitriles is 1. The number of aliphatic hydroxyl groups excluding tert-OH is 1. The van der Waals surface area contributed by atoms with Crippen molar-refractivity contribution in [3.8, 4) is 6.07 Å². The molecule has 2 N–H and O–H groups in total. The Morgan fingerprint density at radius 1 is 1.47 bits per heavy atom. The van der Waals surface area contributed by atoms with E-state index in [0.29, 0.717) is 12.8 Å². The fraction of sp³-hybridized carbons (Fsp3) is 0.417. The summed E-state index contributed by atoms with van der Waals surface area (Å²) in [6, 6.07) is 4.59. The summed E-state index contributed by atoms with van der Waals surface area (Å²) in [5.41, 5.74) is -0.192. The Bertz CT molecular complexity index is 618. The fourth-order valence-electron chi connectivity index (χ4n) is 2.02. The predicted octanol–water partition coefficient (Wildman–Crippen LogP) is 0.747. The number of hydrogen-bond donors (Lipinski definition) is 2. The molecule has 1 saturated carbocycles. The minimum Gasteiger partial charge on any atom is -0.396 e. The van der Waals surface area contributed by atoms with Gasteiger partial charge in [0, 0.05) is 12.6 Å². The van der Waals surface area contributed by atoms with Gasteiger partial charge in [-0.2, -0.15) is 5.26 Å². The normalized spacial score (nSPS) is 22.6. The van der Waals surface area contributed by atoms with Gasteiger partial charge in [0.1, 0.15) is 11.9 Å². The molecule has 0 amide bonds. The number of hydrogen-bond acceptors (Lipinski definition) is 4. The third-order valence-electron chi connectivity index (χ3n) is 3.19. The van der Waals surface area contributed by atoms with E-state index in [-0.39, 0.29) is 29.0 Å². The molecule has 0 radical (unpaired) electrons. The second kappa shape index (κ2) is 5.25. The third kappa shape index (κ3) is 2.92. The van der Waals surface area contributed by atoms with Crippen LogP contribution in [0.5, 0.6) is 0 Å². The van der Waals surface area contributed by atoms with Crippen molar-refractivity contribution in [2.45, 2.75) is 23.8 Å². The van der Waals surface area contributed by atoms with E-state index in [1.807, 2.05) is 0 Å². The number of rotatable bonds is 4. The molecule has 0 unspecified atom stereocenters. The number of benzene rings is 1. The molecule has 1 aliphatic carbocycles. The first-order valence-electron chi connectivity index (χ1n) is 5.79. The monoisotopic (exact) mass is 284 g/mol. The molecule has 0 saturated heterocycles. The molecule has 0 aromatic heterocycles. The highest BCUT2D eigenvalue weighted by Gasteiger charge is 2.32. The second-order valence-electron chi connectivity index (χ2n) is 4.59. The van der Waals surface area contributed by atoms with Crippen LogP contribution in [0.3, 0.4) is 0 Å². The quantitative estimate of drug-likeness (QED) is 0.853.